The molecule has 1 unspecified atom stereocenters. The first-order chi connectivity index (χ1) is 22.9. The molecule has 10 heteroatoms. The molecule has 1 N–H and O–H groups in total. The Morgan fingerprint density at radius 3 is 2.15 bits per heavy atom. The molecular weight excluding hydrogens is 616 g/mol. The van der Waals surface area contributed by atoms with Gasteiger partial charge in [0.1, 0.15) is 29.5 Å². The summed E-state index contributed by atoms with van der Waals surface area (Å²) in [6.45, 7) is 0.0599. The first-order valence-corrected chi connectivity index (χ1v) is 16.1. The van der Waals surface area contributed by atoms with Gasteiger partial charge in [-0.15, -0.1) is 11.8 Å². The number of amides is 2. The van der Waals surface area contributed by atoms with E-state index in [0.717, 1.165) is 16.7 Å². The van der Waals surface area contributed by atoms with Crippen molar-refractivity contribution in [2.75, 3.05) is 12.9 Å². The molecule has 1 saturated heterocycles. The number of ether oxygens (including phenoxy) is 3. The lowest BCUT2D eigenvalue weighted by molar-refractivity contribution is -0.154. The Labute approximate surface area is 276 Å². The Balaban J connectivity index is 1.08. The molecule has 47 heavy (non-hydrogen) atoms. The summed E-state index contributed by atoms with van der Waals surface area (Å²) in [6, 6.07) is 31.9. The predicted molar refractivity (Wildman–Crippen MR) is 176 cm³/mol. The van der Waals surface area contributed by atoms with E-state index in [9.17, 15) is 19.2 Å². The molecule has 2 aliphatic rings. The predicted octanol–water partition coefficient (Wildman–Crippen LogP) is 5.21. The molecule has 0 radical (unpaired) electrons. The van der Waals surface area contributed by atoms with E-state index >= 15 is 0 Å². The third-order valence-corrected chi connectivity index (χ3v) is 9.10. The summed E-state index contributed by atoms with van der Waals surface area (Å²) < 4.78 is 16.7. The second kappa shape index (κ2) is 14.4. The molecule has 2 heterocycles. The number of methoxy groups -OCH3 is 1. The number of esters is 2. The highest BCUT2D eigenvalue weighted by Gasteiger charge is 2.53. The lowest BCUT2D eigenvalue weighted by atomic mass is 10.0. The molecule has 6 rings (SSSR count). The van der Waals surface area contributed by atoms with Gasteiger partial charge in [0.25, 0.3) is 5.91 Å². The van der Waals surface area contributed by atoms with Crippen molar-refractivity contribution in [3.8, 4) is 5.75 Å². The zero-order chi connectivity index (χ0) is 32.8. The molecule has 0 aromatic heterocycles. The molecule has 9 nitrogen and oxygen atoms in total. The van der Waals surface area contributed by atoms with Gasteiger partial charge in [0.2, 0.25) is 5.91 Å². The second-order valence-corrected chi connectivity index (χ2v) is 12.1. The summed E-state index contributed by atoms with van der Waals surface area (Å²) in [5.41, 5.74) is 3.30. The number of carbonyl (C=O) groups excluding carboxylic acids is 4. The Hall–Kier alpha value is -5.35. The van der Waals surface area contributed by atoms with Gasteiger partial charge in [0.15, 0.2) is 6.10 Å². The van der Waals surface area contributed by atoms with E-state index in [1.54, 1.807) is 61.7 Å². The molecule has 1 fully saturated rings. The van der Waals surface area contributed by atoms with Crippen LogP contribution >= 0.6 is 11.8 Å². The highest BCUT2D eigenvalue weighted by Crippen LogP contribution is 2.39. The van der Waals surface area contributed by atoms with Crippen LogP contribution in [0.2, 0.25) is 0 Å². The number of carbonyl (C=O) groups is 4. The molecule has 4 aromatic carbocycles. The first-order valence-electron chi connectivity index (χ1n) is 15.1. The van der Waals surface area contributed by atoms with Crippen molar-refractivity contribution in [2.24, 2.45) is 0 Å². The number of rotatable bonds is 11. The minimum atomic E-state index is -0.822. The number of fused-ring (bicyclic) bond motifs is 1. The summed E-state index contributed by atoms with van der Waals surface area (Å²) in [7, 11) is 1.58. The van der Waals surface area contributed by atoms with E-state index in [4.69, 9.17) is 14.2 Å². The first kappa shape index (κ1) is 31.6. The van der Waals surface area contributed by atoms with Crippen LogP contribution in [0.5, 0.6) is 5.75 Å². The third kappa shape index (κ3) is 7.07. The molecule has 0 saturated carbocycles. The maximum atomic E-state index is 13.5. The van der Waals surface area contributed by atoms with Crippen LogP contribution in [0, 0.1) is 0 Å². The van der Waals surface area contributed by atoms with Crippen LogP contribution < -0.4 is 10.1 Å². The fourth-order valence-corrected chi connectivity index (χ4v) is 6.70. The molecule has 0 aliphatic carbocycles. The third-order valence-electron chi connectivity index (χ3n) is 7.92. The van der Waals surface area contributed by atoms with Crippen LogP contribution in [0.3, 0.4) is 0 Å². The molecule has 2 atom stereocenters. The largest absolute Gasteiger partial charge is 0.497 e. The number of nitrogens with one attached hydrogen (secondary N) is 1. The maximum absolute atomic E-state index is 13.5. The van der Waals surface area contributed by atoms with Crippen LogP contribution in [0.25, 0.3) is 0 Å². The average molecular weight is 649 g/mol. The summed E-state index contributed by atoms with van der Waals surface area (Å²) in [5.74, 6) is -0.838. The van der Waals surface area contributed by atoms with Crippen LogP contribution in [-0.2, 0) is 36.9 Å². The summed E-state index contributed by atoms with van der Waals surface area (Å²) >= 11 is 1.44. The second-order valence-electron chi connectivity index (χ2n) is 10.9. The standard InChI is InChI=1S/C37H32N2O7S/c1-44-28-18-16-24(17-19-28)23-45-36(42)29-15-9-8-14-27(29)22-31(40)38-32-34(41)39-30(20-21-47-35(32)39)37(43)46-33(25-10-4-2-5-11-25)26-12-6-3-7-13-26/h2-20,32-33,35H,21-23H2,1H3,(H,38,40)/t32?,35-/m1/s1. The number of hydrogen-bond acceptors (Lipinski definition) is 8. The van der Waals surface area contributed by atoms with Crippen LogP contribution in [-0.4, -0.2) is 52.9 Å². The minimum absolute atomic E-state index is 0.0599. The van der Waals surface area contributed by atoms with Crippen molar-refractivity contribution in [2.45, 2.75) is 30.5 Å². The van der Waals surface area contributed by atoms with Crippen LogP contribution in [0.4, 0.5) is 0 Å². The highest BCUT2D eigenvalue weighted by molar-refractivity contribution is 8.00. The summed E-state index contributed by atoms with van der Waals surface area (Å²) in [5, 5.41) is 2.34. The van der Waals surface area contributed by atoms with E-state index in [0.29, 0.717) is 17.1 Å². The fraction of sp³-hybridized carbons (Fsp3) is 0.189. The lowest BCUT2D eigenvalue weighted by Gasteiger charge is -2.48. The number of β-lactam (4-membered cyclic amide) rings is 1. The van der Waals surface area contributed by atoms with E-state index in [-0.39, 0.29) is 24.3 Å². The molecule has 0 bridgehead atoms. The van der Waals surface area contributed by atoms with Crippen molar-refractivity contribution in [1.29, 1.82) is 0 Å². The normalized spacial score (nSPS) is 16.8. The number of benzene rings is 4. The van der Waals surface area contributed by atoms with Crippen molar-refractivity contribution in [1.82, 2.24) is 10.2 Å². The molecule has 0 spiro atoms. The van der Waals surface area contributed by atoms with Gasteiger partial charge < -0.3 is 19.5 Å². The topological polar surface area (TPSA) is 111 Å². The lowest BCUT2D eigenvalue weighted by Crippen LogP contribution is -2.70. The summed E-state index contributed by atoms with van der Waals surface area (Å²) in [6.07, 6.45) is 0.893. The van der Waals surface area contributed by atoms with Gasteiger partial charge in [-0.05, 0) is 46.5 Å². The van der Waals surface area contributed by atoms with Crippen LogP contribution in [0.1, 0.15) is 38.7 Å². The van der Waals surface area contributed by atoms with Gasteiger partial charge in [-0.1, -0.05) is 91.0 Å². The molecule has 238 valence electrons. The van der Waals surface area contributed by atoms with Crippen molar-refractivity contribution in [3.05, 3.63) is 149 Å². The van der Waals surface area contributed by atoms with Gasteiger partial charge in [-0.2, -0.15) is 0 Å². The van der Waals surface area contributed by atoms with E-state index in [1.807, 2.05) is 60.7 Å². The molecule has 4 aromatic rings. The quantitative estimate of drug-likeness (QED) is 0.174. The molecule has 2 aliphatic heterocycles. The van der Waals surface area contributed by atoms with E-state index in [1.165, 1.54) is 16.7 Å². The highest BCUT2D eigenvalue weighted by atomic mass is 32.2. The number of hydrogen-bond donors (Lipinski definition) is 1. The Bertz CT molecular complexity index is 1760. The number of nitrogens with zero attached hydrogens (tertiary/aromatic N) is 1. The Morgan fingerprint density at radius 2 is 1.49 bits per heavy atom. The monoisotopic (exact) mass is 648 g/mol. The van der Waals surface area contributed by atoms with Gasteiger partial charge >= 0.3 is 11.9 Å². The zero-order valence-corrected chi connectivity index (χ0v) is 26.4. The molecule has 2 amide bonds. The average Bonchev–Trinajstić information content (AvgIpc) is 3.12. The Morgan fingerprint density at radius 1 is 0.851 bits per heavy atom. The molecular formula is C37H32N2O7S. The van der Waals surface area contributed by atoms with Gasteiger partial charge in [0, 0.05) is 5.75 Å². The van der Waals surface area contributed by atoms with Crippen molar-refractivity contribution in [3.63, 3.8) is 0 Å². The SMILES string of the molecule is COc1ccc(COC(=O)c2ccccc2CC(=O)NC2C(=O)N3C(C(=O)OC(c4ccccc4)c4ccccc4)=CCS[C@H]23)cc1. The Kier molecular flexibility index (Phi) is 9.68. The fourth-order valence-electron chi connectivity index (χ4n) is 5.50. The van der Waals surface area contributed by atoms with Crippen molar-refractivity contribution < 1.29 is 33.4 Å². The minimum Gasteiger partial charge on any atom is -0.497 e. The van der Waals surface area contributed by atoms with Gasteiger partial charge in [-0.3, -0.25) is 14.5 Å². The maximum Gasteiger partial charge on any atom is 0.355 e. The van der Waals surface area contributed by atoms with E-state index in [2.05, 4.69) is 5.32 Å². The number of thioether (sulfide) groups is 1. The van der Waals surface area contributed by atoms with E-state index < -0.39 is 41.3 Å². The zero-order valence-electron chi connectivity index (χ0n) is 25.5. The van der Waals surface area contributed by atoms with Crippen LogP contribution in [0.15, 0.2) is 121 Å². The summed E-state index contributed by atoms with van der Waals surface area (Å²) in [4.78, 5) is 54.3. The smallest absolute Gasteiger partial charge is 0.355 e. The van der Waals surface area contributed by atoms with Crippen molar-refractivity contribution >= 4 is 35.5 Å². The van der Waals surface area contributed by atoms with Gasteiger partial charge in [-0.25, -0.2) is 9.59 Å². The van der Waals surface area contributed by atoms with Gasteiger partial charge in [0.05, 0.1) is 19.1 Å².